The van der Waals surface area contributed by atoms with E-state index in [1.54, 1.807) is 0 Å². The molecule has 0 radical (unpaired) electrons. The van der Waals surface area contributed by atoms with E-state index in [1.807, 2.05) is 62.4 Å². The lowest BCUT2D eigenvalue weighted by molar-refractivity contribution is 0.910. The second-order valence-corrected chi connectivity index (χ2v) is 6.09. The molecule has 126 valence electrons. The van der Waals surface area contributed by atoms with Crippen LogP contribution in [-0.4, -0.2) is 14.9 Å². The number of aromatic amines is 1. The molecule has 0 atom stereocenters. The summed E-state index contributed by atoms with van der Waals surface area (Å²) in [5, 5.41) is 11.3. The number of thiocarbonyl (C=S) groups is 1. The average Bonchev–Trinajstić information content (AvgIpc) is 2.92. The molecule has 0 saturated carbocycles. The zero-order valence-electron chi connectivity index (χ0n) is 13.9. The quantitative estimate of drug-likeness (QED) is 0.553. The molecular formula is C18H17N5OS. The number of rotatable bonds is 3. The minimum Gasteiger partial charge on any atom is -0.374 e. The zero-order valence-corrected chi connectivity index (χ0v) is 14.7. The van der Waals surface area contributed by atoms with Crippen LogP contribution in [0.1, 0.15) is 11.1 Å². The number of hydrogen-bond donors (Lipinski definition) is 2. The predicted octanol–water partition coefficient (Wildman–Crippen LogP) is 3.97. The van der Waals surface area contributed by atoms with E-state index in [-0.39, 0.29) is 10.8 Å². The second-order valence-electron chi connectivity index (χ2n) is 5.67. The van der Waals surface area contributed by atoms with Gasteiger partial charge < -0.3 is 5.73 Å². The van der Waals surface area contributed by atoms with Gasteiger partial charge in [0.2, 0.25) is 0 Å². The van der Waals surface area contributed by atoms with Crippen LogP contribution in [-0.2, 0) is 0 Å². The fraction of sp³-hybridized carbons (Fsp3) is 0.111. The maximum Gasteiger partial charge on any atom is 0.301 e. The van der Waals surface area contributed by atoms with Crippen LogP contribution in [0.2, 0.25) is 0 Å². The van der Waals surface area contributed by atoms with Crippen molar-refractivity contribution in [1.29, 1.82) is 0 Å². The summed E-state index contributed by atoms with van der Waals surface area (Å²) in [6.45, 7) is 3.96. The Morgan fingerprint density at radius 2 is 1.84 bits per heavy atom. The van der Waals surface area contributed by atoms with Crippen molar-refractivity contribution in [2.45, 2.75) is 13.8 Å². The number of aromatic nitrogens is 2. The number of nitrogens with zero attached hydrogens (tertiary/aromatic N) is 3. The molecule has 0 spiro atoms. The van der Waals surface area contributed by atoms with Gasteiger partial charge in [-0.25, -0.2) is 0 Å². The van der Waals surface area contributed by atoms with E-state index in [0.29, 0.717) is 11.4 Å². The molecule has 0 aliphatic heterocycles. The summed E-state index contributed by atoms with van der Waals surface area (Å²) < 4.78 is 1.09. The molecule has 3 N–H and O–H groups in total. The monoisotopic (exact) mass is 351 g/mol. The van der Waals surface area contributed by atoms with E-state index in [2.05, 4.69) is 15.3 Å². The summed E-state index contributed by atoms with van der Waals surface area (Å²) in [6, 6.07) is 15.2. The Balaban J connectivity index is 2.13. The molecule has 0 unspecified atom stereocenters. The Morgan fingerprint density at radius 3 is 2.48 bits per heavy atom. The first-order valence-corrected chi connectivity index (χ1v) is 8.07. The molecule has 0 aliphatic rings. The summed E-state index contributed by atoms with van der Waals surface area (Å²) in [6.07, 6.45) is 0. The molecule has 0 aliphatic carbocycles. The van der Waals surface area contributed by atoms with Crippen LogP contribution in [0, 0.1) is 13.8 Å². The van der Waals surface area contributed by atoms with Crippen LogP contribution >= 0.6 is 12.2 Å². The summed E-state index contributed by atoms with van der Waals surface area (Å²) >= 11 is 4.92. The summed E-state index contributed by atoms with van der Waals surface area (Å²) in [7, 11) is 0. The van der Waals surface area contributed by atoms with Gasteiger partial charge in [0.05, 0.1) is 11.4 Å². The van der Waals surface area contributed by atoms with Crippen molar-refractivity contribution in [3.05, 3.63) is 70.0 Å². The van der Waals surface area contributed by atoms with E-state index in [1.165, 1.54) is 0 Å². The topological polar surface area (TPSA) is 88.5 Å². The number of aryl methyl sites for hydroxylation is 2. The molecule has 1 heterocycles. The van der Waals surface area contributed by atoms with Crippen molar-refractivity contribution in [3.63, 3.8) is 0 Å². The first-order chi connectivity index (χ1) is 12.0. The first kappa shape index (κ1) is 16.8. The van der Waals surface area contributed by atoms with Gasteiger partial charge in [-0.2, -0.15) is 9.80 Å². The fourth-order valence-corrected chi connectivity index (χ4v) is 2.63. The largest absolute Gasteiger partial charge is 0.374 e. The van der Waals surface area contributed by atoms with E-state index in [4.69, 9.17) is 18.0 Å². The van der Waals surface area contributed by atoms with Crippen LogP contribution in [0.15, 0.2) is 63.6 Å². The van der Waals surface area contributed by atoms with Crippen LogP contribution < -0.4 is 11.3 Å². The smallest absolute Gasteiger partial charge is 0.301 e. The fourth-order valence-electron chi connectivity index (χ4n) is 2.50. The van der Waals surface area contributed by atoms with Crippen molar-refractivity contribution >= 4 is 28.7 Å². The molecule has 0 fully saturated rings. The van der Waals surface area contributed by atoms with Gasteiger partial charge in [0.1, 0.15) is 0 Å². The van der Waals surface area contributed by atoms with Crippen LogP contribution in [0.3, 0.4) is 0 Å². The maximum absolute atomic E-state index is 12.6. The van der Waals surface area contributed by atoms with Crippen molar-refractivity contribution in [3.8, 4) is 11.3 Å². The summed E-state index contributed by atoms with van der Waals surface area (Å²) in [5.41, 5.74) is 9.49. The number of benzene rings is 2. The summed E-state index contributed by atoms with van der Waals surface area (Å²) in [4.78, 5) is 12.6. The molecule has 0 bridgehead atoms. The van der Waals surface area contributed by atoms with Crippen molar-refractivity contribution in [1.82, 2.24) is 9.78 Å². The molecule has 6 nitrogen and oxygen atoms in total. The lowest BCUT2D eigenvalue weighted by Crippen LogP contribution is -2.29. The van der Waals surface area contributed by atoms with Crippen molar-refractivity contribution in [2.75, 3.05) is 0 Å². The molecule has 2 aromatic carbocycles. The Hall–Kier alpha value is -3.06. The summed E-state index contributed by atoms with van der Waals surface area (Å²) in [5.74, 6) is 0. The van der Waals surface area contributed by atoms with Gasteiger partial charge in [0.25, 0.3) is 0 Å². The number of H-pyrrole nitrogens is 1. The van der Waals surface area contributed by atoms with E-state index >= 15 is 0 Å². The van der Waals surface area contributed by atoms with Gasteiger partial charge in [-0.1, -0.05) is 48.0 Å². The standard InChI is InChI=1S/C18H17N5OS/c1-11-8-9-14(12(2)10-11)20-21-16-15(13-6-4-3-5-7-13)22-23(17(16)24)18(19)25/h3-10,22H,1-2H3,(H2,19,25). The highest BCUT2D eigenvalue weighted by Gasteiger charge is 2.17. The van der Waals surface area contributed by atoms with E-state index in [0.717, 1.165) is 21.4 Å². The normalized spacial score (nSPS) is 11.1. The van der Waals surface area contributed by atoms with Gasteiger partial charge in [0, 0.05) is 5.56 Å². The Bertz CT molecular complexity index is 1020. The molecular weight excluding hydrogens is 334 g/mol. The minimum absolute atomic E-state index is 0.0739. The first-order valence-electron chi connectivity index (χ1n) is 7.66. The highest BCUT2D eigenvalue weighted by atomic mass is 32.1. The molecule has 3 rings (SSSR count). The number of nitrogens with two attached hydrogens (primary N) is 1. The van der Waals surface area contributed by atoms with Crippen LogP contribution in [0.4, 0.5) is 11.4 Å². The number of nitrogens with one attached hydrogen (secondary N) is 1. The van der Waals surface area contributed by atoms with Crippen molar-refractivity contribution in [2.24, 2.45) is 16.0 Å². The molecule has 1 aromatic heterocycles. The molecule has 0 saturated heterocycles. The van der Waals surface area contributed by atoms with Gasteiger partial charge in [-0.05, 0) is 37.7 Å². The number of hydrogen-bond acceptors (Lipinski definition) is 4. The average molecular weight is 351 g/mol. The molecule has 25 heavy (non-hydrogen) atoms. The Kier molecular flexibility index (Phi) is 4.58. The Morgan fingerprint density at radius 1 is 1.12 bits per heavy atom. The van der Waals surface area contributed by atoms with E-state index in [9.17, 15) is 4.79 Å². The molecule has 0 amide bonds. The number of azo groups is 1. The zero-order chi connectivity index (χ0) is 18.0. The Labute approximate surface area is 150 Å². The van der Waals surface area contributed by atoms with Gasteiger partial charge >= 0.3 is 5.56 Å². The van der Waals surface area contributed by atoms with Gasteiger partial charge in [0.15, 0.2) is 10.8 Å². The maximum atomic E-state index is 12.6. The highest BCUT2D eigenvalue weighted by molar-refractivity contribution is 7.80. The minimum atomic E-state index is -0.431. The second kappa shape index (κ2) is 6.82. The highest BCUT2D eigenvalue weighted by Crippen LogP contribution is 2.28. The molecule has 3 aromatic rings. The molecule has 7 heteroatoms. The lowest BCUT2D eigenvalue weighted by Gasteiger charge is -2.00. The van der Waals surface area contributed by atoms with Gasteiger partial charge in [-0.3, -0.25) is 9.89 Å². The van der Waals surface area contributed by atoms with Crippen LogP contribution in [0.5, 0.6) is 0 Å². The lowest BCUT2D eigenvalue weighted by atomic mass is 10.1. The predicted molar refractivity (Wildman–Crippen MR) is 103 cm³/mol. The SMILES string of the molecule is Cc1ccc(N=Nc2c(-c3ccccc3)[nH]n(C(N)=S)c2=O)c(C)c1. The third kappa shape index (κ3) is 3.41. The third-order valence-electron chi connectivity index (χ3n) is 3.76. The van der Waals surface area contributed by atoms with Gasteiger partial charge in [-0.15, -0.1) is 5.11 Å². The third-order valence-corrected chi connectivity index (χ3v) is 3.94. The van der Waals surface area contributed by atoms with Crippen LogP contribution in [0.25, 0.3) is 11.3 Å². The van der Waals surface area contributed by atoms with E-state index < -0.39 is 5.56 Å². The van der Waals surface area contributed by atoms with Crippen molar-refractivity contribution < 1.29 is 0 Å².